The van der Waals surface area contributed by atoms with Crippen molar-refractivity contribution in [1.29, 1.82) is 0 Å². The van der Waals surface area contributed by atoms with Crippen LogP contribution in [0.25, 0.3) is 0 Å². The summed E-state index contributed by atoms with van der Waals surface area (Å²) in [6.45, 7) is 4.83. The third kappa shape index (κ3) is 11.2. The number of esters is 1. The van der Waals surface area contributed by atoms with Crippen molar-refractivity contribution >= 4 is 11.9 Å². The molecule has 0 atom stereocenters. The Morgan fingerprint density at radius 3 is 2.12 bits per heavy atom. The molecule has 0 aromatic carbocycles. The minimum Gasteiger partial charge on any atom is -0.466 e. The first kappa shape index (κ1) is 15.9. The molecule has 0 amide bonds. The molecule has 17 heavy (non-hydrogen) atoms. The van der Waals surface area contributed by atoms with Crippen LogP contribution in [0.15, 0.2) is 0 Å². The number of rotatable bonds is 10. The molecule has 0 radical (unpaired) electrons. The molecule has 5 nitrogen and oxygen atoms in total. The molecule has 5 heteroatoms. The SMILES string of the molecule is CCCCOOC(=O)CCC(=O)OCCCC. The average molecular weight is 246 g/mol. The summed E-state index contributed by atoms with van der Waals surface area (Å²) < 4.78 is 4.89. The molecule has 100 valence electrons. The predicted molar refractivity (Wildman–Crippen MR) is 62.1 cm³/mol. The number of ether oxygens (including phenoxy) is 1. The second kappa shape index (κ2) is 11.4. The third-order valence-electron chi connectivity index (χ3n) is 2.03. The fraction of sp³-hybridized carbons (Fsp3) is 0.833. The Bertz CT molecular complexity index is 215. The first-order valence-corrected chi connectivity index (χ1v) is 6.18. The van der Waals surface area contributed by atoms with Gasteiger partial charge < -0.3 is 4.74 Å². The van der Waals surface area contributed by atoms with Crippen LogP contribution in [-0.2, 0) is 24.1 Å². The molecule has 0 N–H and O–H groups in total. The highest BCUT2D eigenvalue weighted by molar-refractivity contribution is 5.77. The van der Waals surface area contributed by atoms with E-state index in [9.17, 15) is 9.59 Å². The Balaban J connectivity index is 3.39. The Morgan fingerprint density at radius 1 is 0.882 bits per heavy atom. The van der Waals surface area contributed by atoms with Gasteiger partial charge in [0.2, 0.25) is 0 Å². The van der Waals surface area contributed by atoms with Gasteiger partial charge in [0.25, 0.3) is 0 Å². The molecule has 0 spiro atoms. The van der Waals surface area contributed by atoms with Gasteiger partial charge in [-0.05, 0) is 12.8 Å². The van der Waals surface area contributed by atoms with Crippen LogP contribution in [0.1, 0.15) is 52.4 Å². The minimum atomic E-state index is -0.534. The van der Waals surface area contributed by atoms with Gasteiger partial charge in [-0.2, -0.15) is 4.89 Å². The maximum atomic E-state index is 11.1. The summed E-state index contributed by atoms with van der Waals surface area (Å²) in [6.07, 6.45) is 3.67. The first-order valence-electron chi connectivity index (χ1n) is 6.18. The van der Waals surface area contributed by atoms with E-state index in [0.717, 1.165) is 25.7 Å². The monoisotopic (exact) mass is 246 g/mol. The largest absolute Gasteiger partial charge is 0.466 e. The van der Waals surface area contributed by atoms with Gasteiger partial charge in [0, 0.05) is 0 Å². The molecule has 0 bridgehead atoms. The third-order valence-corrected chi connectivity index (χ3v) is 2.03. The Kier molecular flexibility index (Phi) is 10.7. The Hall–Kier alpha value is -1.10. The highest BCUT2D eigenvalue weighted by atomic mass is 17.2. The van der Waals surface area contributed by atoms with Crippen LogP contribution in [0.5, 0.6) is 0 Å². The molecule has 0 fully saturated rings. The highest BCUT2D eigenvalue weighted by Gasteiger charge is 2.09. The van der Waals surface area contributed by atoms with Crippen molar-refractivity contribution in [2.45, 2.75) is 52.4 Å². The van der Waals surface area contributed by atoms with E-state index in [1.54, 1.807) is 0 Å². The lowest BCUT2D eigenvalue weighted by Crippen LogP contribution is -2.11. The summed E-state index contributed by atoms with van der Waals surface area (Å²) in [5, 5.41) is 0. The molecule has 0 aromatic heterocycles. The van der Waals surface area contributed by atoms with Gasteiger partial charge in [-0.15, -0.1) is 0 Å². The van der Waals surface area contributed by atoms with Gasteiger partial charge >= 0.3 is 11.9 Å². The van der Waals surface area contributed by atoms with Crippen molar-refractivity contribution in [3.63, 3.8) is 0 Å². The standard InChI is InChI=1S/C12H22O5/c1-3-5-9-15-11(13)7-8-12(14)17-16-10-6-4-2/h3-10H2,1-2H3. The molecular formula is C12H22O5. The number of carbonyl (C=O) groups is 2. The van der Waals surface area contributed by atoms with E-state index >= 15 is 0 Å². The normalized spacial score (nSPS) is 10.0. The van der Waals surface area contributed by atoms with E-state index in [1.165, 1.54) is 0 Å². The zero-order chi connectivity index (χ0) is 12.9. The van der Waals surface area contributed by atoms with Gasteiger partial charge in [0.1, 0.15) is 0 Å². The molecule has 0 unspecified atom stereocenters. The molecule has 0 aromatic rings. The minimum absolute atomic E-state index is 0.00289. The van der Waals surface area contributed by atoms with Crippen molar-refractivity contribution in [1.82, 2.24) is 0 Å². The Labute approximate surface area is 102 Å². The van der Waals surface area contributed by atoms with Gasteiger partial charge in [-0.25, -0.2) is 4.79 Å². The van der Waals surface area contributed by atoms with Crippen LogP contribution in [0, 0.1) is 0 Å². The summed E-state index contributed by atoms with van der Waals surface area (Å²) in [6, 6.07) is 0. The molecule has 0 rings (SSSR count). The topological polar surface area (TPSA) is 61.8 Å². The van der Waals surface area contributed by atoms with Gasteiger partial charge in [-0.1, -0.05) is 26.7 Å². The molecule has 0 heterocycles. The zero-order valence-corrected chi connectivity index (χ0v) is 10.7. The fourth-order valence-electron chi connectivity index (χ4n) is 0.959. The lowest BCUT2D eigenvalue weighted by atomic mass is 10.3. The van der Waals surface area contributed by atoms with E-state index < -0.39 is 5.97 Å². The quantitative estimate of drug-likeness (QED) is 0.256. The molecule has 0 aliphatic heterocycles. The maximum Gasteiger partial charge on any atom is 0.342 e. The second-order valence-corrected chi connectivity index (χ2v) is 3.70. The summed E-state index contributed by atoms with van der Waals surface area (Å²) in [4.78, 5) is 31.4. The summed E-state index contributed by atoms with van der Waals surface area (Å²) in [5.41, 5.74) is 0. The smallest absolute Gasteiger partial charge is 0.342 e. The highest BCUT2D eigenvalue weighted by Crippen LogP contribution is 1.99. The lowest BCUT2D eigenvalue weighted by molar-refractivity contribution is -0.272. The summed E-state index contributed by atoms with van der Waals surface area (Å²) in [5.74, 6) is -0.905. The molecule has 0 saturated carbocycles. The molecular weight excluding hydrogens is 224 g/mol. The molecule has 0 aliphatic carbocycles. The second-order valence-electron chi connectivity index (χ2n) is 3.70. The van der Waals surface area contributed by atoms with E-state index in [1.807, 2.05) is 13.8 Å². The maximum absolute atomic E-state index is 11.1. The first-order chi connectivity index (χ1) is 8.20. The van der Waals surface area contributed by atoms with Gasteiger partial charge in [-0.3, -0.25) is 9.68 Å². The van der Waals surface area contributed by atoms with Crippen LogP contribution in [0.3, 0.4) is 0 Å². The van der Waals surface area contributed by atoms with Crippen molar-refractivity contribution in [3.8, 4) is 0 Å². The van der Waals surface area contributed by atoms with Crippen molar-refractivity contribution in [3.05, 3.63) is 0 Å². The Morgan fingerprint density at radius 2 is 1.47 bits per heavy atom. The van der Waals surface area contributed by atoms with E-state index in [2.05, 4.69) is 9.78 Å². The van der Waals surface area contributed by atoms with Crippen molar-refractivity contribution < 1.29 is 24.1 Å². The van der Waals surface area contributed by atoms with E-state index in [-0.39, 0.29) is 18.8 Å². The zero-order valence-electron chi connectivity index (χ0n) is 10.7. The average Bonchev–Trinajstić information content (AvgIpc) is 2.32. The van der Waals surface area contributed by atoms with Crippen LogP contribution in [0.4, 0.5) is 0 Å². The van der Waals surface area contributed by atoms with E-state index in [4.69, 9.17) is 4.74 Å². The number of unbranched alkanes of at least 4 members (excludes halogenated alkanes) is 2. The molecule has 0 saturated heterocycles. The van der Waals surface area contributed by atoms with Crippen LogP contribution >= 0.6 is 0 Å². The fourth-order valence-corrected chi connectivity index (χ4v) is 0.959. The molecule has 0 aliphatic rings. The van der Waals surface area contributed by atoms with Crippen LogP contribution < -0.4 is 0 Å². The summed E-state index contributed by atoms with van der Waals surface area (Å²) >= 11 is 0. The number of carbonyl (C=O) groups excluding carboxylic acids is 2. The van der Waals surface area contributed by atoms with Gasteiger partial charge in [0.05, 0.1) is 26.1 Å². The van der Waals surface area contributed by atoms with Crippen LogP contribution in [0.2, 0.25) is 0 Å². The van der Waals surface area contributed by atoms with Crippen molar-refractivity contribution in [2.75, 3.05) is 13.2 Å². The van der Waals surface area contributed by atoms with Gasteiger partial charge in [0.15, 0.2) is 0 Å². The lowest BCUT2D eigenvalue weighted by Gasteiger charge is -2.04. The van der Waals surface area contributed by atoms with E-state index in [0.29, 0.717) is 13.2 Å². The van der Waals surface area contributed by atoms with Crippen molar-refractivity contribution in [2.24, 2.45) is 0 Å². The predicted octanol–water partition coefficient (Wildman–Crippen LogP) is 2.38. The van der Waals surface area contributed by atoms with Crippen LogP contribution in [-0.4, -0.2) is 25.2 Å². The number of hydrogen-bond acceptors (Lipinski definition) is 5. The number of hydrogen-bond donors (Lipinski definition) is 0. The summed E-state index contributed by atoms with van der Waals surface area (Å²) in [7, 11) is 0.